The predicted molar refractivity (Wildman–Crippen MR) is 463 cm³/mol. The predicted octanol–water partition coefficient (Wildman–Crippen LogP) is 13.9. The van der Waals surface area contributed by atoms with Crippen LogP contribution in [0.3, 0.4) is 0 Å². The smallest absolute Gasteiger partial charge is 0.274 e. The molecule has 9 aromatic rings. The fraction of sp³-hybridized carbons (Fsp3) is 0.319. The number of nitrogens with zero attached hydrogens (tertiary/aromatic N) is 1. The SMILES string of the molecule is CC(=O)Nc1cc(NC(C)=O)cc(C(=O)NC(c2ccc(C(=O)NO)cc2)C(C)C)c1.CC(C)Cc1cc(C(=O)NC(C)c2ccc(C(=O)NO)cc2)no1.CC(C)c1ccc(CC(=O)NC(C)c2ccc(C(=O)NO)cc2)cc1.CC(NS(=O)(=O)c1ccc(F)c(F)c1F)c1ccc(C(=O)NO)cc1.C[C@@H](NC(=O)C1(C)CCCCC1)c1cccc(C(=O)NO)c1. The number of anilines is 2. The Hall–Kier alpha value is -13.4. The summed E-state index contributed by atoms with van der Waals surface area (Å²) < 4.78 is 71.5. The summed E-state index contributed by atoms with van der Waals surface area (Å²) in [7, 11) is -4.46. The third kappa shape index (κ3) is 31.4. The molecule has 11 amide bonds. The Kier molecular flexibility index (Phi) is 39.3. The number of hydrogen-bond acceptors (Lipinski definition) is 20. The average Bonchev–Trinajstić information content (AvgIpc) is 1.21. The summed E-state index contributed by atoms with van der Waals surface area (Å²) in [4.78, 5) is 129. The van der Waals surface area contributed by atoms with Gasteiger partial charge in [0.2, 0.25) is 33.7 Å². The van der Waals surface area contributed by atoms with Gasteiger partial charge in [-0.05, 0) is 188 Å². The highest BCUT2D eigenvalue weighted by molar-refractivity contribution is 7.89. The van der Waals surface area contributed by atoms with E-state index in [1.165, 1.54) is 74.6 Å². The van der Waals surface area contributed by atoms with Crippen molar-refractivity contribution in [3.05, 3.63) is 283 Å². The Bertz CT molecular complexity index is 5370. The van der Waals surface area contributed by atoms with E-state index in [1.54, 1.807) is 125 Å². The Balaban J connectivity index is 0.000000246. The molecule has 36 heteroatoms. The number of halogens is 3. The normalized spacial score (nSPS) is 13.1. The van der Waals surface area contributed by atoms with Gasteiger partial charge in [0, 0.05) is 82.5 Å². The van der Waals surface area contributed by atoms with E-state index in [0.29, 0.717) is 69.8 Å². The van der Waals surface area contributed by atoms with Crippen molar-refractivity contribution in [2.24, 2.45) is 17.3 Å². The highest BCUT2D eigenvalue weighted by Crippen LogP contribution is 2.37. The molecule has 678 valence electrons. The number of rotatable bonds is 28. The molecule has 4 unspecified atom stereocenters. The van der Waals surface area contributed by atoms with Gasteiger partial charge in [-0.2, -0.15) is 0 Å². The zero-order chi connectivity index (χ0) is 94.2. The molecule has 0 radical (unpaired) electrons. The molecular weight excluding hydrogens is 1670 g/mol. The first-order valence-corrected chi connectivity index (χ1v) is 41.9. The molecule has 0 spiro atoms. The van der Waals surface area contributed by atoms with Crippen LogP contribution in [0.2, 0.25) is 0 Å². The lowest BCUT2D eigenvalue weighted by Gasteiger charge is -2.33. The number of carbonyl (C=O) groups excluding carboxylic acids is 11. The van der Waals surface area contributed by atoms with Crippen LogP contribution in [0.1, 0.15) is 276 Å². The summed E-state index contributed by atoms with van der Waals surface area (Å²) in [5, 5.41) is 64.0. The lowest BCUT2D eigenvalue weighted by molar-refractivity contribution is -0.132. The second-order valence-corrected chi connectivity index (χ2v) is 33.0. The maximum atomic E-state index is 13.7. The lowest BCUT2D eigenvalue weighted by Crippen LogP contribution is -2.41. The van der Waals surface area contributed by atoms with Crippen molar-refractivity contribution >= 4 is 86.4 Å². The number of aromatic nitrogens is 1. The number of hydrogen-bond donors (Lipinski definition) is 17. The molecule has 32 nitrogen and oxygen atoms in total. The van der Waals surface area contributed by atoms with Crippen LogP contribution in [0.25, 0.3) is 0 Å². The van der Waals surface area contributed by atoms with E-state index in [1.807, 2.05) is 59.7 Å². The Labute approximate surface area is 733 Å². The molecule has 5 atom stereocenters. The molecule has 0 saturated heterocycles. The van der Waals surface area contributed by atoms with E-state index in [9.17, 15) is 74.3 Å². The molecular formula is C91H108F3N13O19S. The molecule has 1 heterocycles. The van der Waals surface area contributed by atoms with Gasteiger partial charge in [-0.1, -0.05) is 158 Å². The highest BCUT2D eigenvalue weighted by Gasteiger charge is 2.36. The minimum atomic E-state index is -4.46. The van der Waals surface area contributed by atoms with Crippen molar-refractivity contribution in [3.8, 4) is 0 Å². The Morgan fingerprint density at radius 2 is 0.866 bits per heavy atom. The first-order valence-electron chi connectivity index (χ1n) is 40.4. The summed E-state index contributed by atoms with van der Waals surface area (Å²) in [6.07, 6.45) is 6.32. The van der Waals surface area contributed by atoms with E-state index in [-0.39, 0.29) is 87.4 Å². The third-order valence-corrected chi connectivity index (χ3v) is 21.7. The zero-order valence-electron chi connectivity index (χ0n) is 72.3. The molecule has 127 heavy (non-hydrogen) atoms. The van der Waals surface area contributed by atoms with Gasteiger partial charge in [0.15, 0.2) is 23.1 Å². The Morgan fingerprint density at radius 3 is 1.31 bits per heavy atom. The van der Waals surface area contributed by atoms with Crippen molar-refractivity contribution < 1.29 is 105 Å². The quantitative estimate of drug-likeness (QED) is 0.0123. The van der Waals surface area contributed by atoms with Gasteiger partial charge < -0.3 is 36.4 Å². The van der Waals surface area contributed by atoms with Crippen LogP contribution in [0, 0.1) is 34.7 Å². The third-order valence-electron chi connectivity index (χ3n) is 20.1. The largest absolute Gasteiger partial charge is 0.361 e. The molecule has 0 aliphatic heterocycles. The minimum Gasteiger partial charge on any atom is -0.361 e. The van der Waals surface area contributed by atoms with Crippen molar-refractivity contribution in [2.75, 3.05) is 10.6 Å². The van der Waals surface area contributed by atoms with E-state index in [2.05, 4.69) is 81.6 Å². The molecule has 8 aromatic carbocycles. The molecule has 17 N–H and O–H groups in total. The van der Waals surface area contributed by atoms with E-state index >= 15 is 0 Å². The van der Waals surface area contributed by atoms with Crippen molar-refractivity contribution in [3.63, 3.8) is 0 Å². The van der Waals surface area contributed by atoms with Crippen molar-refractivity contribution in [2.45, 2.75) is 176 Å². The zero-order valence-corrected chi connectivity index (χ0v) is 73.1. The molecule has 1 aliphatic carbocycles. The second-order valence-electron chi connectivity index (χ2n) is 31.3. The minimum absolute atomic E-state index is 0.0230. The fourth-order valence-electron chi connectivity index (χ4n) is 13.0. The van der Waals surface area contributed by atoms with Gasteiger partial charge in [-0.3, -0.25) is 78.8 Å². The van der Waals surface area contributed by atoms with Crippen molar-refractivity contribution in [1.29, 1.82) is 0 Å². The van der Waals surface area contributed by atoms with Crippen LogP contribution in [-0.4, -0.2) is 105 Å². The number of nitrogens with one attached hydrogen (secondary N) is 12. The van der Waals surface area contributed by atoms with Crippen LogP contribution >= 0.6 is 0 Å². The summed E-state index contributed by atoms with van der Waals surface area (Å²) in [5.41, 5.74) is 16.2. The molecule has 0 bridgehead atoms. The van der Waals surface area contributed by atoms with Gasteiger partial charge in [-0.25, -0.2) is 53.7 Å². The monoisotopic (exact) mass is 1780 g/mol. The van der Waals surface area contributed by atoms with Gasteiger partial charge in [-0.15, -0.1) is 0 Å². The fourth-order valence-corrected chi connectivity index (χ4v) is 14.3. The lowest BCUT2D eigenvalue weighted by atomic mass is 9.75. The molecule has 1 saturated carbocycles. The van der Waals surface area contributed by atoms with Crippen molar-refractivity contribution in [1.82, 2.24) is 58.5 Å². The van der Waals surface area contributed by atoms with Crippen LogP contribution in [0.4, 0.5) is 24.5 Å². The van der Waals surface area contributed by atoms with Gasteiger partial charge >= 0.3 is 0 Å². The van der Waals surface area contributed by atoms with E-state index < -0.39 is 73.9 Å². The van der Waals surface area contributed by atoms with Crippen LogP contribution in [0.15, 0.2) is 191 Å². The van der Waals surface area contributed by atoms with E-state index in [0.717, 1.165) is 59.9 Å². The van der Waals surface area contributed by atoms with Crippen LogP contribution < -0.4 is 64.0 Å². The highest BCUT2D eigenvalue weighted by atomic mass is 32.2. The van der Waals surface area contributed by atoms with Crippen LogP contribution in [-0.2, 0) is 42.0 Å². The molecule has 1 aromatic heterocycles. The summed E-state index contributed by atoms with van der Waals surface area (Å²) >= 11 is 0. The van der Waals surface area contributed by atoms with Gasteiger partial charge in [0.25, 0.3) is 41.4 Å². The van der Waals surface area contributed by atoms with Gasteiger partial charge in [0.05, 0.1) is 30.6 Å². The summed E-state index contributed by atoms with van der Waals surface area (Å²) in [6, 6.07) is 45.8. The second kappa shape index (κ2) is 48.8. The Morgan fingerprint density at radius 1 is 0.433 bits per heavy atom. The molecule has 1 aliphatic rings. The van der Waals surface area contributed by atoms with E-state index in [4.69, 9.17) is 30.6 Å². The molecule has 1 fully saturated rings. The number of hydroxylamine groups is 5. The van der Waals surface area contributed by atoms with Crippen LogP contribution in [0.5, 0.6) is 0 Å². The summed E-state index contributed by atoms with van der Waals surface area (Å²) in [5.74, 6) is -7.97. The van der Waals surface area contributed by atoms with Gasteiger partial charge in [0.1, 0.15) is 10.7 Å². The number of sulfonamides is 1. The number of amides is 11. The molecule has 10 rings (SSSR count). The first kappa shape index (κ1) is 102. The maximum Gasteiger partial charge on any atom is 0.274 e. The maximum absolute atomic E-state index is 13.7. The average molecular weight is 1780 g/mol. The summed E-state index contributed by atoms with van der Waals surface area (Å²) in [6.45, 7) is 24.1. The number of carbonyl (C=O) groups is 11. The standard InChI is InChI=1S/C22H26N4O5.C20H24N2O3.C17H21N3O4.C17H24N2O3.C15H13F3N2O4S/c1-12(2)20(15-5-7-16(8-6-15)22(30)26-31)25-21(29)17-9-18(23-13(3)27)11-19(10-17)24-14(4)28;1-13(2)16-6-4-15(5-7-16)12-19(23)21-14(3)17-8-10-18(11-9-17)20(24)22-25;1-10(2)8-14-9-15(20-24-14)17(22)18-11(3)12-4-6-13(7-5-12)16(21)19-23;1-12(13-7-6-8-14(11-13)15(20)19-22)18-16(21)17(2)9-4-3-5-10-17;1-8(9-2-4-10(5-3-9)15(21)19-22)20-25(23,24)12-7-6-11(16)13(17)14(12)18/h5-12,20,31H,1-4H3,(H,23,27)(H,24,28)(H,25,29)(H,26,30);4-11,13-14,25H,12H2,1-3H3,(H,21,23)(H,22,24);4-7,9-11,23H,8H2,1-3H3,(H,18,22)(H,19,21);6-8,11-12,22H,3-5,9-10H2,1-2H3,(H,18,21)(H,19,20);2-8,20,22H,1H3,(H,19,21)/t;;;12-;/m...1./s1. The number of benzene rings is 8. The topological polar surface area (TPSA) is 493 Å². The first-order chi connectivity index (χ1) is 60.0.